The highest BCUT2D eigenvalue weighted by atomic mass is 35.5. The van der Waals surface area contributed by atoms with Gasteiger partial charge in [-0.2, -0.15) is 0 Å². The third kappa shape index (κ3) is 6.39. The van der Waals surface area contributed by atoms with Crippen molar-refractivity contribution in [2.75, 3.05) is 6.54 Å². The maximum atomic E-state index is 13.3. The zero-order valence-corrected chi connectivity index (χ0v) is 22.3. The van der Waals surface area contributed by atoms with Crippen molar-refractivity contribution in [2.45, 2.75) is 65.6 Å². The number of benzene rings is 1. The zero-order valence-electron chi connectivity index (χ0n) is 20.7. The van der Waals surface area contributed by atoms with Gasteiger partial charge in [-0.25, -0.2) is 4.98 Å². The van der Waals surface area contributed by atoms with Gasteiger partial charge in [-0.1, -0.05) is 45.0 Å². The van der Waals surface area contributed by atoms with Crippen LogP contribution in [0.3, 0.4) is 0 Å². The third-order valence-electron chi connectivity index (χ3n) is 6.49. The molecule has 0 radical (unpaired) electrons. The normalized spacial score (nSPS) is 19.8. The Hall–Kier alpha value is -2.49. The summed E-state index contributed by atoms with van der Waals surface area (Å²) in [5.41, 5.74) is 10.6. The summed E-state index contributed by atoms with van der Waals surface area (Å²) in [7, 11) is 0. The predicted molar refractivity (Wildman–Crippen MR) is 136 cm³/mol. The number of aromatic nitrogens is 1. The van der Waals surface area contributed by atoms with Gasteiger partial charge in [0.25, 0.3) is 0 Å². The van der Waals surface area contributed by atoms with Gasteiger partial charge in [-0.15, -0.1) is 11.3 Å². The fraction of sp³-hybridized carbons (Fsp3) is 0.520. The summed E-state index contributed by atoms with van der Waals surface area (Å²) in [5.74, 6) is -1.42. The van der Waals surface area contributed by atoms with Gasteiger partial charge in [0.2, 0.25) is 11.8 Å². The van der Waals surface area contributed by atoms with E-state index in [1.54, 1.807) is 11.3 Å². The molecule has 0 bridgehead atoms. The third-order valence-corrected chi connectivity index (χ3v) is 7.64. The van der Waals surface area contributed by atoms with E-state index in [2.05, 4.69) is 14.6 Å². The number of halogens is 1. The van der Waals surface area contributed by atoms with Gasteiger partial charge < -0.3 is 20.2 Å². The number of carbonyl (C=O) groups is 3. The highest BCUT2D eigenvalue weighted by Crippen LogP contribution is 2.31. The van der Waals surface area contributed by atoms with Crippen LogP contribution in [0.25, 0.3) is 10.4 Å². The molecular formula is C25H33ClN4O4S. The molecule has 190 valence electrons. The van der Waals surface area contributed by atoms with Crippen LogP contribution in [-0.4, -0.2) is 46.3 Å². The van der Waals surface area contributed by atoms with Crippen LogP contribution in [0.1, 0.15) is 57.8 Å². The molecule has 0 unspecified atom stereocenters. The number of hydrogen-bond acceptors (Lipinski definition) is 7. The molecule has 3 rings (SSSR count). The molecule has 2 amide bonds. The van der Waals surface area contributed by atoms with Crippen molar-refractivity contribution in [1.82, 2.24) is 15.2 Å². The van der Waals surface area contributed by atoms with E-state index in [-0.39, 0.29) is 36.7 Å². The van der Waals surface area contributed by atoms with Gasteiger partial charge in [0, 0.05) is 6.54 Å². The van der Waals surface area contributed by atoms with Gasteiger partial charge in [-0.3, -0.25) is 14.4 Å². The lowest BCUT2D eigenvalue weighted by molar-refractivity contribution is -0.141. The molecule has 1 aromatic heterocycles. The molecule has 1 aliphatic heterocycles. The van der Waals surface area contributed by atoms with Crippen molar-refractivity contribution in [2.24, 2.45) is 17.1 Å². The summed E-state index contributed by atoms with van der Waals surface area (Å²) in [6.45, 7) is 9.75. The van der Waals surface area contributed by atoms with Gasteiger partial charge >= 0.3 is 5.97 Å². The van der Waals surface area contributed by atoms with Crippen LogP contribution in [0, 0.1) is 18.3 Å². The molecule has 2 heterocycles. The number of likely N-dealkylation sites (tertiary alicyclic amines) is 1. The number of thiazole rings is 1. The molecule has 8 nitrogen and oxygen atoms in total. The molecular weight excluding hydrogens is 488 g/mol. The van der Waals surface area contributed by atoms with E-state index >= 15 is 0 Å². The minimum atomic E-state index is -0.781. The Bertz CT molecular complexity index is 1070. The first-order valence-electron chi connectivity index (χ1n) is 11.6. The molecule has 4 atom stereocenters. The molecule has 1 fully saturated rings. The first kappa shape index (κ1) is 27.1. The van der Waals surface area contributed by atoms with Crippen molar-refractivity contribution < 1.29 is 18.7 Å². The summed E-state index contributed by atoms with van der Waals surface area (Å²) in [4.78, 5) is 45.2. The number of nitrogens with one attached hydrogen (secondary N) is 1. The van der Waals surface area contributed by atoms with Crippen molar-refractivity contribution in [1.29, 1.82) is 0 Å². The van der Waals surface area contributed by atoms with Crippen LogP contribution >= 0.6 is 23.2 Å². The lowest BCUT2D eigenvalue weighted by Crippen LogP contribution is -2.55. The molecule has 10 heteroatoms. The summed E-state index contributed by atoms with van der Waals surface area (Å²) in [5, 5.41) is 3.03. The molecule has 35 heavy (non-hydrogen) atoms. The average molecular weight is 521 g/mol. The predicted octanol–water partition coefficient (Wildman–Crippen LogP) is 3.97. The van der Waals surface area contributed by atoms with Crippen molar-refractivity contribution in [3.05, 3.63) is 41.0 Å². The number of nitrogens with two attached hydrogens (primary N) is 1. The molecule has 0 spiro atoms. The smallest absolute Gasteiger partial charge is 0.325 e. The Labute approximate surface area is 215 Å². The number of aryl methyl sites for hydroxylation is 1. The van der Waals surface area contributed by atoms with E-state index in [9.17, 15) is 14.4 Å². The van der Waals surface area contributed by atoms with Gasteiger partial charge in [0.05, 0.1) is 34.6 Å². The quantitative estimate of drug-likeness (QED) is 0.570. The summed E-state index contributed by atoms with van der Waals surface area (Å²) in [6.07, 6.45) is 0.354. The molecule has 1 aromatic carbocycles. The number of rotatable bonds is 7. The first-order valence-corrected chi connectivity index (χ1v) is 12.8. The van der Waals surface area contributed by atoms with E-state index in [1.165, 1.54) is 4.90 Å². The minimum Gasteiger partial charge on any atom is -0.348 e. The molecule has 1 aliphatic rings. The molecule has 0 aliphatic carbocycles. The van der Waals surface area contributed by atoms with Crippen molar-refractivity contribution in [3.63, 3.8) is 0 Å². The first-order chi connectivity index (χ1) is 16.4. The molecule has 3 N–H and O–H groups in total. The van der Waals surface area contributed by atoms with Crippen LogP contribution in [0.15, 0.2) is 29.8 Å². The second-order valence-corrected chi connectivity index (χ2v) is 11.2. The van der Waals surface area contributed by atoms with Crippen molar-refractivity contribution >= 4 is 41.0 Å². The average Bonchev–Trinajstić information content (AvgIpc) is 3.43. The Morgan fingerprint density at radius 2 is 1.94 bits per heavy atom. The van der Waals surface area contributed by atoms with Gasteiger partial charge in [0.1, 0.15) is 17.9 Å². The Morgan fingerprint density at radius 1 is 1.29 bits per heavy atom. The Balaban J connectivity index is 1.74. The van der Waals surface area contributed by atoms with Crippen LogP contribution in [-0.2, 0) is 18.7 Å². The SMILES string of the molecule is Cc1ncsc1-c1ccc([C@H](C)NC(=O)[C@H]2C[C@H](CC(=O)OCl)CN2C(=O)[C@@H](N)C(C)(C)C)cc1. The van der Waals surface area contributed by atoms with E-state index in [4.69, 9.17) is 17.6 Å². The van der Waals surface area contributed by atoms with Crippen molar-refractivity contribution in [3.8, 4) is 10.4 Å². The molecule has 2 aromatic rings. The fourth-order valence-electron chi connectivity index (χ4n) is 4.27. The van der Waals surface area contributed by atoms with Crippen LogP contribution in [0.4, 0.5) is 0 Å². The molecule has 0 saturated carbocycles. The van der Waals surface area contributed by atoms with E-state index < -0.39 is 23.5 Å². The maximum Gasteiger partial charge on any atom is 0.325 e. The number of amides is 2. The summed E-state index contributed by atoms with van der Waals surface area (Å²) >= 11 is 6.78. The van der Waals surface area contributed by atoms with E-state index in [0.717, 1.165) is 21.7 Å². The van der Waals surface area contributed by atoms with Gasteiger partial charge in [0.15, 0.2) is 0 Å². The Morgan fingerprint density at radius 3 is 2.49 bits per heavy atom. The van der Waals surface area contributed by atoms with E-state index in [1.807, 2.05) is 64.4 Å². The second kappa shape index (κ2) is 11.1. The minimum absolute atomic E-state index is 0.0236. The molecule has 1 saturated heterocycles. The Kier molecular flexibility index (Phi) is 8.56. The lowest BCUT2D eigenvalue weighted by Gasteiger charge is -2.33. The summed E-state index contributed by atoms with van der Waals surface area (Å²) in [6, 6.07) is 6.19. The zero-order chi connectivity index (χ0) is 25.9. The largest absolute Gasteiger partial charge is 0.348 e. The highest BCUT2D eigenvalue weighted by Gasteiger charge is 2.44. The standard InChI is InChI=1S/C25H33ClN4O4S/c1-14(17-6-8-18(9-7-17)21-15(2)28-13-35-21)29-23(32)19-10-16(11-20(31)34-26)12-30(19)24(33)22(27)25(3,4)5/h6-9,13-14,16,19,22H,10-12,27H2,1-5H3,(H,29,32)/t14-,16+,19+,22+/m0/s1. The van der Waals surface area contributed by atoms with Gasteiger partial charge in [-0.05, 0) is 42.7 Å². The van der Waals surface area contributed by atoms with Crippen LogP contribution in [0.5, 0.6) is 0 Å². The number of nitrogens with zero attached hydrogens (tertiary/aromatic N) is 2. The topological polar surface area (TPSA) is 115 Å². The number of carbonyl (C=O) groups excluding carboxylic acids is 3. The van der Waals surface area contributed by atoms with E-state index in [0.29, 0.717) is 6.42 Å². The number of hydrogen-bond donors (Lipinski definition) is 2. The lowest BCUT2D eigenvalue weighted by atomic mass is 9.86. The fourth-order valence-corrected chi connectivity index (χ4v) is 5.15. The highest BCUT2D eigenvalue weighted by molar-refractivity contribution is 7.13. The summed E-state index contributed by atoms with van der Waals surface area (Å²) < 4.78 is 4.27. The van der Waals surface area contributed by atoms with Crippen LogP contribution in [0.2, 0.25) is 0 Å². The maximum absolute atomic E-state index is 13.3. The monoisotopic (exact) mass is 520 g/mol. The second-order valence-electron chi connectivity index (χ2n) is 10.2. The van der Waals surface area contributed by atoms with Crippen LogP contribution < -0.4 is 11.1 Å².